The third kappa shape index (κ3) is 5.51. The minimum absolute atomic E-state index is 0.0124. The summed E-state index contributed by atoms with van der Waals surface area (Å²) in [6, 6.07) is 4.56. The number of hydrogen-bond acceptors (Lipinski definition) is 12. The molecular formula is C24H21N5O10. The predicted molar refractivity (Wildman–Crippen MR) is 137 cm³/mol. The van der Waals surface area contributed by atoms with Gasteiger partial charge in [-0.2, -0.15) is 0 Å². The number of rotatable bonds is 9. The highest BCUT2D eigenvalue weighted by Crippen LogP contribution is 2.40. The van der Waals surface area contributed by atoms with E-state index < -0.39 is 44.7 Å². The van der Waals surface area contributed by atoms with Gasteiger partial charge < -0.3 is 14.2 Å². The lowest BCUT2D eigenvalue weighted by atomic mass is 10.00. The summed E-state index contributed by atoms with van der Waals surface area (Å²) >= 11 is 0. The Morgan fingerprint density at radius 2 is 1.10 bits per heavy atom. The Kier molecular flexibility index (Phi) is 7.93. The summed E-state index contributed by atoms with van der Waals surface area (Å²) in [5.41, 5.74) is -2.04. The van der Waals surface area contributed by atoms with Crippen molar-refractivity contribution in [3.05, 3.63) is 55.6 Å². The minimum Gasteiger partial charge on any atom is -0.330 e. The first-order valence-corrected chi connectivity index (χ1v) is 11.2. The van der Waals surface area contributed by atoms with Gasteiger partial charge in [-0.15, -0.1) is 0 Å². The van der Waals surface area contributed by atoms with Crippen molar-refractivity contribution in [1.29, 1.82) is 0 Å². The number of non-ortho nitro benzene ring substituents is 2. The molecule has 3 rings (SSSR count). The topological polar surface area (TPSA) is 203 Å². The van der Waals surface area contributed by atoms with Crippen molar-refractivity contribution in [2.45, 2.75) is 41.2 Å². The minimum atomic E-state index is -0.801. The van der Waals surface area contributed by atoms with Crippen LogP contribution in [0.4, 0.5) is 11.4 Å². The summed E-state index contributed by atoms with van der Waals surface area (Å²) in [6.45, 7) is 6.32. The van der Waals surface area contributed by atoms with Gasteiger partial charge in [0.2, 0.25) is 11.6 Å². The van der Waals surface area contributed by atoms with E-state index in [1.165, 1.54) is 30.5 Å². The number of ketones is 2. The lowest BCUT2D eigenvalue weighted by Gasteiger charge is -2.06. The van der Waals surface area contributed by atoms with Crippen LogP contribution < -0.4 is 0 Å². The number of Topliss-reactive ketones (excluding diaryl/α,β-unsaturated/α-hetero) is 2. The Morgan fingerprint density at radius 1 is 0.744 bits per heavy atom. The van der Waals surface area contributed by atoms with Gasteiger partial charge in [0.1, 0.15) is 22.5 Å². The molecule has 0 aliphatic heterocycles. The van der Waals surface area contributed by atoms with E-state index >= 15 is 0 Å². The number of hydrogen-bond donors (Lipinski definition) is 0. The number of aromatic nitrogens is 1. The van der Waals surface area contributed by atoms with Crippen LogP contribution in [0.5, 0.6) is 0 Å². The molecule has 0 unspecified atom stereocenters. The van der Waals surface area contributed by atoms with Gasteiger partial charge in [-0.1, -0.05) is 10.3 Å². The van der Waals surface area contributed by atoms with Crippen LogP contribution in [0.3, 0.4) is 0 Å². The van der Waals surface area contributed by atoms with E-state index in [9.17, 15) is 39.4 Å². The van der Waals surface area contributed by atoms with E-state index in [0.717, 1.165) is 26.0 Å². The number of carbonyl (C=O) groups is 4. The molecule has 0 saturated heterocycles. The van der Waals surface area contributed by atoms with Crippen molar-refractivity contribution in [1.82, 2.24) is 4.57 Å². The van der Waals surface area contributed by atoms with Gasteiger partial charge in [0.05, 0.1) is 9.85 Å². The summed E-state index contributed by atoms with van der Waals surface area (Å²) in [5, 5.41) is 31.1. The first kappa shape index (κ1) is 28.2. The Morgan fingerprint density at radius 3 is 1.38 bits per heavy atom. The Bertz CT molecular complexity index is 1550. The van der Waals surface area contributed by atoms with Crippen molar-refractivity contribution in [2.24, 2.45) is 10.3 Å². The molecule has 0 fully saturated rings. The number of aryl methyl sites for hydroxylation is 1. The average Bonchev–Trinajstić information content (AvgIpc) is 3.21. The predicted octanol–water partition coefficient (Wildman–Crippen LogP) is 3.87. The van der Waals surface area contributed by atoms with Gasteiger partial charge >= 0.3 is 11.9 Å². The van der Waals surface area contributed by atoms with Crippen LogP contribution in [0, 0.1) is 20.2 Å². The molecule has 2 aromatic carbocycles. The van der Waals surface area contributed by atoms with E-state index in [-0.39, 0.29) is 50.9 Å². The molecule has 0 bridgehead atoms. The van der Waals surface area contributed by atoms with Crippen LogP contribution >= 0.6 is 0 Å². The van der Waals surface area contributed by atoms with Crippen LogP contribution in [0.15, 0.2) is 34.6 Å². The van der Waals surface area contributed by atoms with E-state index in [0.29, 0.717) is 0 Å². The number of carbonyl (C=O) groups excluding carboxylic acids is 4. The van der Waals surface area contributed by atoms with Crippen molar-refractivity contribution in [3.8, 4) is 0 Å². The monoisotopic (exact) mass is 539 g/mol. The molecule has 0 spiro atoms. The van der Waals surface area contributed by atoms with Crippen molar-refractivity contribution in [3.63, 3.8) is 0 Å². The van der Waals surface area contributed by atoms with Crippen LogP contribution in [0.25, 0.3) is 21.8 Å². The second-order valence-electron chi connectivity index (χ2n) is 8.22. The van der Waals surface area contributed by atoms with E-state index in [4.69, 9.17) is 0 Å². The van der Waals surface area contributed by atoms with E-state index in [1.807, 2.05) is 0 Å². The average molecular weight is 539 g/mol. The van der Waals surface area contributed by atoms with Gasteiger partial charge in [-0.05, 0) is 32.9 Å². The fourth-order valence-electron chi connectivity index (χ4n) is 3.95. The molecule has 1 aromatic heterocycles. The number of nitro groups is 2. The normalized spacial score (nSPS) is 11.9. The molecule has 0 atom stereocenters. The zero-order valence-corrected chi connectivity index (χ0v) is 21.3. The van der Waals surface area contributed by atoms with Gasteiger partial charge in [-0.25, -0.2) is 9.59 Å². The number of nitrogens with zero attached hydrogens (tertiary/aromatic N) is 5. The van der Waals surface area contributed by atoms with E-state index in [1.54, 1.807) is 6.92 Å². The molecule has 0 amide bonds. The molecule has 1 heterocycles. The highest BCUT2D eigenvalue weighted by Gasteiger charge is 2.29. The maximum Gasteiger partial charge on any atom is 0.331 e. The fraction of sp³-hybridized carbons (Fsp3) is 0.250. The van der Waals surface area contributed by atoms with Crippen LogP contribution in [-0.2, 0) is 25.8 Å². The van der Waals surface area contributed by atoms with Gasteiger partial charge in [0, 0.05) is 54.4 Å². The molecule has 0 aliphatic rings. The van der Waals surface area contributed by atoms with Gasteiger partial charge in [-0.3, -0.25) is 29.8 Å². The quantitative estimate of drug-likeness (QED) is 0.126. The summed E-state index contributed by atoms with van der Waals surface area (Å²) in [7, 11) is 0. The molecule has 0 radical (unpaired) electrons. The maximum absolute atomic E-state index is 13.0. The molecule has 15 heteroatoms. The summed E-state index contributed by atoms with van der Waals surface area (Å²) in [5.74, 6) is -3.17. The Hall–Kier alpha value is -5.34. The Labute approximate surface area is 218 Å². The molecule has 3 aromatic rings. The van der Waals surface area contributed by atoms with Gasteiger partial charge in [0.15, 0.2) is 0 Å². The molecular weight excluding hydrogens is 518 g/mol. The highest BCUT2D eigenvalue weighted by atomic mass is 16.7. The number of fused-ring (bicyclic) bond motifs is 3. The van der Waals surface area contributed by atoms with Gasteiger partial charge in [0.25, 0.3) is 11.4 Å². The lowest BCUT2D eigenvalue weighted by molar-refractivity contribution is -0.383. The maximum atomic E-state index is 13.0. The summed E-state index contributed by atoms with van der Waals surface area (Å²) in [6.07, 6.45) is 0. The molecule has 15 nitrogen and oxygen atoms in total. The SMILES string of the molecule is CCn1c2c([N+](=O)[O-])cc(C(=O)/C(C)=N/OC(C)=O)cc2c2cc(C(=O)/C(C)=N/OC(C)=O)cc([N+](=O)[O-])c21. The number of oxime groups is 2. The second-order valence-corrected chi connectivity index (χ2v) is 8.22. The standard InChI is InChI=1S/C24H21N5O10/c1-6-27-21-17(7-15(9-19(21)28(34)35)23(32)11(2)25-38-13(4)30)18-8-16(10-20(22(18)27)29(36)37)24(33)12(3)26-39-14(5)31/h7-10H,6H2,1-5H3/b25-11+,26-12+. The van der Waals surface area contributed by atoms with E-state index in [2.05, 4.69) is 20.0 Å². The van der Waals surface area contributed by atoms with Crippen LogP contribution in [0.2, 0.25) is 0 Å². The zero-order chi connectivity index (χ0) is 29.2. The third-order valence-corrected chi connectivity index (χ3v) is 5.52. The fourth-order valence-corrected chi connectivity index (χ4v) is 3.95. The molecule has 0 N–H and O–H groups in total. The molecule has 0 saturated carbocycles. The molecule has 0 aliphatic carbocycles. The molecule has 202 valence electrons. The van der Waals surface area contributed by atoms with Crippen molar-refractivity contribution >= 4 is 68.1 Å². The zero-order valence-electron chi connectivity index (χ0n) is 21.3. The first-order valence-electron chi connectivity index (χ1n) is 11.2. The largest absolute Gasteiger partial charge is 0.331 e. The first-order chi connectivity index (χ1) is 18.3. The smallest absolute Gasteiger partial charge is 0.330 e. The summed E-state index contributed by atoms with van der Waals surface area (Å²) < 4.78 is 1.35. The summed E-state index contributed by atoms with van der Waals surface area (Å²) in [4.78, 5) is 79.7. The second kappa shape index (κ2) is 11.0. The Balaban J connectivity index is 2.43. The molecule has 39 heavy (non-hydrogen) atoms. The highest BCUT2D eigenvalue weighted by molar-refractivity contribution is 6.46. The van der Waals surface area contributed by atoms with Crippen LogP contribution in [0.1, 0.15) is 55.3 Å². The van der Waals surface area contributed by atoms with Crippen molar-refractivity contribution in [2.75, 3.05) is 0 Å². The van der Waals surface area contributed by atoms with Crippen LogP contribution in [-0.4, -0.2) is 49.3 Å². The number of benzene rings is 2. The number of nitro benzene ring substituents is 2. The third-order valence-electron chi connectivity index (χ3n) is 5.52. The lowest BCUT2D eigenvalue weighted by Crippen LogP contribution is -2.12. The van der Waals surface area contributed by atoms with Crippen molar-refractivity contribution < 1.29 is 38.7 Å².